The van der Waals surface area contributed by atoms with Crippen LogP contribution in [-0.2, 0) is 88.4 Å². The van der Waals surface area contributed by atoms with Crippen molar-refractivity contribution in [2.24, 2.45) is 27.2 Å². The van der Waals surface area contributed by atoms with Gasteiger partial charge in [0.15, 0.2) is 37.2 Å². The molecule has 3 aliphatic rings. The summed E-state index contributed by atoms with van der Waals surface area (Å²) in [6.07, 6.45) is -16.8. The number of azide groups is 3. The number of alkyl halides is 3. The summed E-state index contributed by atoms with van der Waals surface area (Å²) in [7, 11) is -9.71. The lowest BCUT2D eigenvalue weighted by atomic mass is 9.88. The second-order valence-electron chi connectivity index (χ2n) is 22.6. The molecule has 103 heavy (non-hydrogen) atoms. The Kier molecular flexibility index (Phi) is 33.1. The smallest absolute Gasteiger partial charge is 0.432 e. The molecule has 3 saturated heterocycles. The van der Waals surface area contributed by atoms with Gasteiger partial charge in [0.1, 0.15) is 22.9 Å². The van der Waals surface area contributed by atoms with Gasteiger partial charge in [-0.05, 0) is 72.0 Å². The quantitative estimate of drug-likeness (QED) is 0.00996. The first kappa shape index (κ1) is 86.3. The van der Waals surface area contributed by atoms with Crippen LogP contribution in [0.3, 0.4) is 0 Å². The fourth-order valence-electron chi connectivity index (χ4n) is 8.85. The number of carbonyl (C=O) groups excluding carboxylic acids is 4. The summed E-state index contributed by atoms with van der Waals surface area (Å²) >= 11 is 0. The van der Waals surface area contributed by atoms with Gasteiger partial charge in [-0.3, -0.25) is 52.1 Å². The fourth-order valence-corrected chi connectivity index (χ4v) is 10.8. The molecule has 46 nitrogen and oxygen atoms in total. The van der Waals surface area contributed by atoms with Crippen molar-refractivity contribution in [1.82, 2.24) is 28.7 Å². The lowest BCUT2D eigenvalue weighted by Gasteiger charge is -2.32. The minimum absolute atomic E-state index is 0.268. The molecule has 3 aromatic heterocycles. The Labute approximate surface area is 576 Å². The molecule has 0 saturated carbocycles. The predicted molar refractivity (Wildman–Crippen MR) is 332 cm³/mol. The number of carbonyl (C=O) groups is 4. The first-order chi connectivity index (χ1) is 48.4. The molecular formula is C52H74F3N15O31P2. The average Bonchev–Trinajstić information content (AvgIpc) is 1.63. The SMILES string of the molecule is CC(C)OC(=O)OCOP(=O)(OCOC(=O)OC(C)C)OC[C@@]1(CN=[N+]=[N-])O[C@@H](n2ccc(=O)[nH]c2=O)[C@H](F)[C@@H]1C.CC(C)OC(=O)OCOP(=O)(OCOC(=O)OC(C)C)OC[C@@]1(CN=[N+]=[N-])O[C@@H](n2ccc(=O)[nH]c2=O)[C@H](F)[C@@H]1O.C[C@H]1[C@@H](F)[C@H](n2ccc(=O)[nH]c2=O)O[C@@]1(CO)CN=[N+]=[N-]. The molecule has 6 rings (SSSR count). The number of hydrogen-bond acceptors (Lipinski definition) is 34. The van der Waals surface area contributed by atoms with Crippen LogP contribution in [0.15, 0.2) is 80.9 Å². The highest BCUT2D eigenvalue weighted by molar-refractivity contribution is 7.48. The molecule has 0 bridgehead atoms. The number of ether oxygens (including phenoxy) is 11. The molecule has 6 heterocycles. The van der Waals surface area contributed by atoms with E-state index in [0.717, 1.165) is 45.9 Å². The zero-order valence-electron chi connectivity index (χ0n) is 56.2. The third-order valence-electron chi connectivity index (χ3n) is 14.0. The standard InChI is InChI=1S/C21H31FN5O13P.C20H29FN5O14P.C11H14FN5O4/c1-12(2)38-19(30)33-10-36-41(32,37-11-34-20(31)39-13(3)4)35-9-21(8-24-26-23)14(5)16(22)17(40-21)27-7-6-15(28)25-18(27)29;1-11(2)38-18(30)33-9-36-41(32,37-10-34-19(31)39-12(3)4)35-8-20(7-23-25-22)15(28)14(21)16(40-20)26-6-5-13(27)24-17(26)29;1-6-8(12)9(17-3-2-7(19)15-10(17)20)21-11(6,5-18)4-14-16-13/h6-7,12-14,16-17H,8-11H2,1-5H3,(H,25,28,29);5-6,11-12,14-16,28H,7-10H2,1-4H3,(H,24,27,29);2-3,6,8-9,18H,4-5H2,1H3,(H,15,19,20)/t14-,16+,17+,21+;14-,15+,16-,20-;6-,8+,9+,11+/m010/s1. The van der Waals surface area contributed by atoms with Crippen LogP contribution in [0, 0.1) is 11.8 Å². The molecule has 0 amide bonds. The number of aliphatic hydroxyl groups excluding tert-OH is 2. The van der Waals surface area contributed by atoms with E-state index in [9.17, 15) is 71.7 Å². The number of nitrogens with zero attached hydrogens (tertiary/aromatic N) is 12. The highest BCUT2D eigenvalue weighted by atomic mass is 31.2. The topological polar surface area (TPSA) is 611 Å². The van der Waals surface area contributed by atoms with Crippen molar-refractivity contribution in [1.29, 1.82) is 0 Å². The molecule has 0 unspecified atom stereocenters. The summed E-state index contributed by atoms with van der Waals surface area (Å²) in [5.41, 5.74) is 15.5. The average molecular weight is 1520 g/mol. The van der Waals surface area contributed by atoms with Gasteiger partial charge < -0.3 is 62.3 Å². The normalized spacial score (nSPS) is 24.2. The Morgan fingerprint density at radius 1 is 0.505 bits per heavy atom. The Hall–Kier alpha value is -9.14. The van der Waals surface area contributed by atoms with Crippen LogP contribution in [0.2, 0.25) is 0 Å². The van der Waals surface area contributed by atoms with Gasteiger partial charge >= 0.3 is 57.3 Å². The zero-order chi connectivity index (χ0) is 77.2. The summed E-state index contributed by atoms with van der Waals surface area (Å²) in [6, 6.07) is 2.92. The Morgan fingerprint density at radius 3 is 1.08 bits per heavy atom. The minimum Gasteiger partial charge on any atom is -0.432 e. The van der Waals surface area contributed by atoms with Gasteiger partial charge in [0.05, 0.1) is 63.9 Å². The van der Waals surface area contributed by atoms with E-state index in [2.05, 4.69) is 49.0 Å². The molecule has 3 aromatic rings. The van der Waals surface area contributed by atoms with Crippen LogP contribution in [0.4, 0.5) is 32.3 Å². The molecule has 51 heteroatoms. The third kappa shape index (κ3) is 25.1. The number of aliphatic hydroxyl groups is 2. The van der Waals surface area contributed by atoms with Crippen LogP contribution in [-0.4, -0.2) is 196 Å². The second kappa shape index (κ2) is 39.5. The predicted octanol–water partition coefficient (Wildman–Crippen LogP) is 5.38. The van der Waals surface area contributed by atoms with Crippen LogP contribution in [0.5, 0.6) is 0 Å². The molecule has 3 fully saturated rings. The van der Waals surface area contributed by atoms with E-state index < -0.39 is 230 Å². The second-order valence-corrected chi connectivity index (χ2v) is 26.0. The van der Waals surface area contributed by atoms with Gasteiger partial charge in [-0.25, -0.2) is 74.0 Å². The molecule has 574 valence electrons. The summed E-state index contributed by atoms with van der Waals surface area (Å²) < 4.78 is 158. The maximum atomic E-state index is 15.4. The number of H-pyrrole nitrogens is 3. The first-order valence-corrected chi connectivity index (χ1v) is 32.9. The van der Waals surface area contributed by atoms with Crippen molar-refractivity contribution in [2.45, 2.75) is 154 Å². The van der Waals surface area contributed by atoms with Crippen molar-refractivity contribution in [3.05, 3.63) is 131 Å². The molecule has 0 aromatic carbocycles. The molecular weight excluding hydrogens is 1450 g/mol. The number of phosphoric acid groups is 2. The molecule has 0 spiro atoms. The number of phosphoric ester groups is 2. The van der Waals surface area contributed by atoms with Crippen LogP contribution < -0.4 is 33.7 Å². The van der Waals surface area contributed by atoms with Crippen LogP contribution in [0.25, 0.3) is 31.3 Å². The largest absolute Gasteiger partial charge is 0.510 e. The summed E-state index contributed by atoms with van der Waals surface area (Å²) in [6.45, 7) is 6.80. The maximum Gasteiger partial charge on any atom is 0.510 e. The number of nitrogens with one attached hydrogen (secondary N) is 3. The van der Waals surface area contributed by atoms with E-state index in [4.69, 9.17) is 76.9 Å². The van der Waals surface area contributed by atoms with E-state index in [1.807, 2.05) is 15.0 Å². The zero-order valence-corrected chi connectivity index (χ0v) is 58.0. The highest BCUT2D eigenvalue weighted by Gasteiger charge is 2.58. The molecule has 0 radical (unpaired) electrons. The van der Waals surface area contributed by atoms with Gasteiger partial charge in [-0.15, -0.1) is 0 Å². The Balaban J connectivity index is 0.000000344. The Morgan fingerprint density at radius 2 is 0.777 bits per heavy atom. The van der Waals surface area contributed by atoms with E-state index in [1.165, 1.54) is 41.5 Å². The van der Waals surface area contributed by atoms with Gasteiger partial charge in [0.2, 0.25) is 27.2 Å². The maximum absolute atomic E-state index is 15.4. The molecule has 3 aliphatic heterocycles. The van der Waals surface area contributed by atoms with E-state index >= 15 is 8.78 Å². The lowest BCUT2D eigenvalue weighted by molar-refractivity contribution is -0.126. The molecule has 5 N–H and O–H groups in total. The Bertz CT molecular complexity index is 3740. The molecule has 0 aliphatic carbocycles. The first-order valence-electron chi connectivity index (χ1n) is 30.0. The van der Waals surface area contributed by atoms with Crippen LogP contribution in [0.1, 0.15) is 87.9 Å². The fraction of sp³-hybridized carbons (Fsp3) is 0.692. The van der Waals surface area contributed by atoms with Gasteiger partial charge in [-0.1, -0.05) is 29.2 Å². The number of hydrogen-bond donors (Lipinski definition) is 5. The van der Waals surface area contributed by atoms with E-state index in [0.29, 0.717) is 4.57 Å². The summed E-state index contributed by atoms with van der Waals surface area (Å²) in [4.78, 5) is 130. The molecule has 12 atom stereocenters. The number of aromatic nitrogens is 6. The van der Waals surface area contributed by atoms with Crippen molar-refractivity contribution in [3.8, 4) is 0 Å². The van der Waals surface area contributed by atoms with Gasteiger partial charge in [-0.2, -0.15) is 0 Å². The van der Waals surface area contributed by atoms with E-state index in [-0.39, 0.29) is 6.54 Å². The number of aromatic amines is 3. The monoisotopic (exact) mass is 1520 g/mol. The van der Waals surface area contributed by atoms with Gasteiger partial charge in [0, 0.05) is 63.4 Å². The minimum atomic E-state index is -4.91. The number of rotatable bonds is 32. The lowest BCUT2D eigenvalue weighted by Crippen LogP contribution is -2.48. The van der Waals surface area contributed by atoms with E-state index in [1.54, 1.807) is 27.7 Å². The highest BCUT2D eigenvalue weighted by Crippen LogP contribution is 2.54. The van der Waals surface area contributed by atoms with Crippen molar-refractivity contribution in [2.75, 3.05) is 66.6 Å². The third-order valence-corrected chi connectivity index (χ3v) is 16.6. The van der Waals surface area contributed by atoms with Crippen molar-refractivity contribution in [3.63, 3.8) is 0 Å². The summed E-state index contributed by atoms with van der Waals surface area (Å²) in [5, 5.41) is 30.2. The number of halogens is 3. The van der Waals surface area contributed by atoms with Crippen molar-refractivity contribution >= 4 is 40.3 Å². The van der Waals surface area contributed by atoms with Crippen LogP contribution >= 0.6 is 15.6 Å². The van der Waals surface area contributed by atoms with Gasteiger partial charge in [0.25, 0.3) is 16.7 Å². The summed E-state index contributed by atoms with van der Waals surface area (Å²) in [5.74, 6) is -1.98. The van der Waals surface area contributed by atoms with Crippen molar-refractivity contribution < 1.29 is 131 Å².